The fraction of sp³-hybridized carbons (Fsp3) is 0.154. The second-order valence-electron chi connectivity index (χ2n) is 4.18. The summed E-state index contributed by atoms with van der Waals surface area (Å²) < 4.78 is 0.688. The first-order valence-corrected chi connectivity index (χ1v) is 7.75. The molecular weight excluding hydrogens is 391 g/mol. The Morgan fingerprint density at radius 2 is 2.20 bits per heavy atom. The van der Waals surface area contributed by atoms with Gasteiger partial charge in [-0.2, -0.15) is 11.3 Å². The van der Waals surface area contributed by atoms with Gasteiger partial charge in [0.2, 0.25) is 0 Å². The Morgan fingerprint density at radius 3 is 2.80 bits per heavy atom. The summed E-state index contributed by atoms with van der Waals surface area (Å²) in [6, 6.07) is 4.27. The molecule has 20 heavy (non-hydrogen) atoms. The van der Waals surface area contributed by atoms with Crippen LogP contribution in [0, 0.1) is 20.6 Å². The summed E-state index contributed by atoms with van der Waals surface area (Å²) in [5, 5.41) is 17.5. The first-order chi connectivity index (χ1) is 9.49. The quantitative estimate of drug-likeness (QED) is 0.484. The lowest BCUT2D eigenvalue weighted by Crippen LogP contribution is -2.23. The first-order valence-electron chi connectivity index (χ1n) is 5.73. The number of halogens is 1. The Bertz CT molecular complexity index is 669. The Balaban J connectivity index is 2.15. The number of benzene rings is 1. The molecule has 0 bridgehead atoms. The molecule has 0 radical (unpaired) electrons. The van der Waals surface area contributed by atoms with Crippen molar-refractivity contribution in [2.24, 2.45) is 0 Å². The molecule has 0 aliphatic carbocycles. The Morgan fingerprint density at radius 1 is 1.45 bits per heavy atom. The van der Waals surface area contributed by atoms with E-state index in [1.165, 1.54) is 12.1 Å². The zero-order valence-electron chi connectivity index (χ0n) is 10.6. The fourth-order valence-corrected chi connectivity index (χ4v) is 3.08. The molecule has 7 heteroatoms. The van der Waals surface area contributed by atoms with Gasteiger partial charge < -0.3 is 5.32 Å². The number of carbonyl (C=O) groups excluding carboxylic acids is 1. The Kier molecular flexibility index (Phi) is 4.71. The van der Waals surface area contributed by atoms with Crippen LogP contribution in [0.4, 0.5) is 5.69 Å². The van der Waals surface area contributed by atoms with E-state index in [4.69, 9.17) is 0 Å². The predicted octanol–water partition coefficient (Wildman–Crippen LogP) is 3.50. The van der Waals surface area contributed by atoms with Gasteiger partial charge in [-0.05, 0) is 57.5 Å². The lowest BCUT2D eigenvalue weighted by Gasteiger charge is -2.07. The highest BCUT2D eigenvalue weighted by atomic mass is 127. The van der Waals surface area contributed by atoms with E-state index >= 15 is 0 Å². The lowest BCUT2D eigenvalue weighted by molar-refractivity contribution is -0.384. The van der Waals surface area contributed by atoms with Gasteiger partial charge in [-0.1, -0.05) is 0 Å². The molecule has 1 amide bonds. The molecule has 2 aromatic rings. The number of hydrogen-bond donors (Lipinski definition) is 1. The van der Waals surface area contributed by atoms with Gasteiger partial charge in [0.15, 0.2) is 0 Å². The average molecular weight is 402 g/mol. The highest BCUT2D eigenvalue weighted by molar-refractivity contribution is 14.1. The van der Waals surface area contributed by atoms with Crippen LogP contribution in [0.5, 0.6) is 0 Å². The molecular formula is C13H11IN2O3S. The summed E-state index contributed by atoms with van der Waals surface area (Å²) in [6.45, 7) is 2.40. The molecule has 0 spiro atoms. The van der Waals surface area contributed by atoms with Gasteiger partial charge in [0.25, 0.3) is 11.6 Å². The molecule has 5 nitrogen and oxygen atoms in total. The van der Waals surface area contributed by atoms with E-state index < -0.39 is 4.92 Å². The number of hydrogen-bond acceptors (Lipinski definition) is 4. The van der Waals surface area contributed by atoms with Gasteiger partial charge in [0, 0.05) is 22.2 Å². The van der Waals surface area contributed by atoms with E-state index in [1.54, 1.807) is 17.4 Å². The van der Waals surface area contributed by atoms with Crippen molar-refractivity contribution >= 4 is 45.5 Å². The minimum absolute atomic E-state index is 0.0812. The Hall–Kier alpha value is -1.48. The third-order valence-electron chi connectivity index (χ3n) is 2.81. The third kappa shape index (κ3) is 3.34. The van der Waals surface area contributed by atoms with Crippen LogP contribution in [-0.4, -0.2) is 10.8 Å². The molecule has 0 saturated carbocycles. The number of nitrogens with one attached hydrogen (secondary N) is 1. The maximum absolute atomic E-state index is 12.1. The second-order valence-corrected chi connectivity index (χ2v) is 6.09. The van der Waals surface area contributed by atoms with Gasteiger partial charge in [-0.25, -0.2) is 0 Å². The topological polar surface area (TPSA) is 72.2 Å². The number of amides is 1. The predicted molar refractivity (Wildman–Crippen MR) is 86.0 cm³/mol. The lowest BCUT2D eigenvalue weighted by atomic mass is 10.1. The second kappa shape index (κ2) is 6.31. The fourth-order valence-electron chi connectivity index (χ4n) is 1.64. The number of rotatable bonds is 4. The van der Waals surface area contributed by atoms with E-state index in [1.807, 2.05) is 40.3 Å². The summed E-state index contributed by atoms with van der Waals surface area (Å²) in [7, 11) is 0. The summed E-state index contributed by atoms with van der Waals surface area (Å²) in [5.74, 6) is -0.302. The standard InChI is InChI=1S/C13H11IN2O3S/c1-8-6-20-7-9(8)5-15-13(17)11-4-10(16(18)19)2-3-12(11)14/h2-4,6-7H,5H2,1H3,(H,15,17). The Labute approximate surface area is 133 Å². The first kappa shape index (κ1) is 14.9. The summed E-state index contributed by atoms with van der Waals surface area (Å²) >= 11 is 3.58. The molecule has 1 aromatic heterocycles. The third-order valence-corrected chi connectivity index (χ3v) is 4.66. The van der Waals surface area contributed by atoms with Gasteiger partial charge in [0.05, 0.1) is 10.5 Å². The number of nitrogens with zero attached hydrogens (tertiary/aromatic N) is 1. The number of non-ortho nitro benzene ring substituents is 1. The van der Waals surface area contributed by atoms with Crippen LogP contribution in [0.2, 0.25) is 0 Å². The average Bonchev–Trinajstić information content (AvgIpc) is 2.81. The van der Waals surface area contributed by atoms with E-state index in [0.29, 0.717) is 15.7 Å². The van der Waals surface area contributed by atoms with Crippen LogP contribution in [0.1, 0.15) is 21.5 Å². The van der Waals surface area contributed by atoms with Crippen molar-refractivity contribution < 1.29 is 9.72 Å². The van der Waals surface area contributed by atoms with Crippen LogP contribution in [-0.2, 0) is 6.54 Å². The van der Waals surface area contributed by atoms with E-state index in [2.05, 4.69) is 5.32 Å². The number of carbonyl (C=O) groups is 1. The molecule has 0 saturated heterocycles. The van der Waals surface area contributed by atoms with Crippen molar-refractivity contribution in [2.45, 2.75) is 13.5 Å². The van der Waals surface area contributed by atoms with Crippen LogP contribution in [0.3, 0.4) is 0 Å². The number of nitro benzene ring substituents is 1. The normalized spacial score (nSPS) is 10.3. The molecule has 1 N–H and O–H groups in total. The highest BCUT2D eigenvalue weighted by Crippen LogP contribution is 2.20. The van der Waals surface area contributed by atoms with Crippen LogP contribution in [0.15, 0.2) is 29.0 Å². The maximum Gasteiger partial charge on any atom is 0.270 e. The summed E-state index contributed by atoms with van der Waals surface area (Å²) in [6.07, 6.45) is 0. The molecule has 0 fully saturated rings. The molecule has 1 aromatic carbocycles. The minimum Gasteiger partial charge on any atom is -0.348 e. The van der Waals surface area contributed by atoms with E-state index in [0.717, 1.165) is 11.1 Å². The highest BCUT2D eigenvalue weighted by Gasteiger charge is 2.15. The van der Waals surface area contributed by atoms with Crippen LogP contribution < -0.4 is 5.32 Å². The zero-order chi connectivity index (χ0) is 14.7. The molecule has 0 unspecified atom stereocenters. The number of aryl methyl sites for hydroxylation is 1. The van der Waals surface area contributed by atoms with Gasteiger partial charge in [-0.3, -0.25) is 14.9 Å². The number of thiophene rings is 1. The minimum atomic E-state index is -0.504. The largest absolute Gasteiger partial charge is 0.348 e. The number of nitro groups is 1. The van der Waals surface area contributed by atoms with Crippen LogP contribution in [0.25, 0.3) is 0 Å². The van der Waals surface area contributed by atoms with E-state index in [-0.39, 0.29) is 11.6 Å². The van der Waals surface area contributed by atoms with Gasteiger partial charge in [-0.15, -0.1) is 0 Å². The summed E-state index contributed by atoms with van der Waals surface area (Å²) in [4.78, 5) is 22.4. The molecule has 0 aliphatic heterocycles. The summed E-state index contributed by atoms with van der Waals surface area (Å²) in [5.41, 5.74) is 2.43. The van der Waals surface area contributed by atoms with E-state index in [9.17, 15) is 14.9 Å². The molecule has 1 heterocycles. The monoisotopic (exact) mass is 402 g/mol. The zero-order valence-corrected chi connectivity index (χ0v) is 13.5. The van der Waals surface area contributed by atoms with Crippen molar-refractivity contribution in [1.29, 1.82) is 0 Å². The van der Waals surface area contributed by atoms with Crippen molar-refractivity contribution in [1.82, 2.24) is 5.32 Å². The maximum atomic E-state index is 12.1. The molecule has 0 aliphatic rings. The molecule has 0 atom stereocenters. The molecule has 2 rings (SSSR count). The van der Waals surface area contributed by atoms with Crippen LogP contribution >= 0.6 is 33.9 Å². The molecule has 104 valence electrons. The van der Waals surface area contributed by atoms with Gasteiger partial charge in [0.1, 0.15) is 0 Å². The van der Waals surface area contributed by atoms with Gasteiger partial charge >= 0.3 is 0 Å². The van der Waals surface area contributed by atoms with Crippen molar-refractivity contribution in [3.8, 4) is 0 Å². The van der Waals surface area contributed by atoms with Crippen molar-refractivity contribution in [2.75, 3.05) is 0 Å². The van der Waals surface area contributed by atoms with Crippen molar-refractivity contribution in [3.05, 3.63) is 59.3 Å². The SMILES string of the molecule is Cc1cscc1CNC(=O)c1cc([N+](=O)[O-])ccc1I. The smallest absolute Gasteiger partial charge is 0.270 e. The van der Waals surface area contributed by atoms with Crippen molar-refractivity contribution in [3.63, 3.8) is 0 Å².